The third-order valence-corrected chi connectivity index (χ3v) is 9.78. The van der Waals surface area contributed by atoms with Crippen LogP contribution in [0.5, 0.6) is 5.75 Å². The molecule has 0 radical (unpaired) electrons. The molecule has 2 aromatic heterocycles. The van der Waals surface area contributed by atoms with Gasteiger partial charge in [0.25, 0.3) is 5.24 Å². The van der Waals surface area contributed by atoms with Gasteiger partial charge in [-0.25, -0.2) is 9.97 Å². The van der Waals surface area contributed by atoms with Crippen molar-refractivity contribution in [3.05, 3.63) is 160 Å². The van der Waals surface area contributed by atoms with Crippen LogP contribution >= 0.6 is 27.7 Å². The number of hydrogen-bond donors (Lipinski definition) is 0. The van der Waals surface area contributed by atoms with E-state index < -0.39 is 10.8 Å². The van der Waals surface area contributed by atoms with E-state index in [4.69, 9.17) is 4.74 Å². The molecule has 0 bridgehead atoms. The van der Waals surface area contributed by atoms with Crippen LogP contribution in [0.15, 0.2) is 132 Å². The number of carbonyl (C=O) groups excluding carboxylic acids is 2. The molecule has 1 atom stereocenters. The van der Waals surface area contributed by atoms with Gasteiger partial charge in [-0.3, -0.25) is 14.5 Å². The van der Waals surface area contributed by atoms with Gasteiger partial charge in [0.2, 0.25) is 5.91 Å². The summed E-state index contributed by atoms with van der Waals surface area (Å²) in [5, 5.41) is -0.836. The molecular weight excluding hydrogens is 660 g/mol. The minimum absolute atomic E-state index is 0.214. The standard InChI is InChI=1S/C37H29BrN4O3S/c1-41-33(40-31-22-29(38)23-39-34(31)41)24-45-30-19-17-25(18-20-30)21-32-35(43)42(36(44)46-32)37(26-11-5-2-6-12-26,27-13-7-3-8-14-27)28-15-9-4-10-16-28/h2-20,22-23,32H,21,24H2,1H3. The molecular formula is C37H29BrN4O3S. The Morgan fingerprint density at radius 2 is 1.39 bits per heavy atom. The number of aryl methyl sites for hydroxylation is 1. The highest BCUT2D eigenvalue weighted by Gasteiger charge is 2.53. The van der Waals surface area contributed by atoms with E-state index >= 15 is 0 Å². The van der Waals surface area contributed by atoms with Crippen LogP contribution < -0.4 is 4.74 Å². The summed E-state index contributed by atoms with van der Waals surface area (Å²) in [5.41, 5.74) is 3.94. The van der Waals surface area contributed by atoms with E-state index in [0.29, 0.717) is 12.2 Å². The fraction of sp³-hybridized carbons (Fsp3) is 0.135. The first kappa shape index (κ1) is 30.0. The number of thioether (sulfide) groups is 1. The van der Waals surface area contributed by atoms with Crippen molar-refractivity contribution in [1.82, 2.24) is 19.4 Å². The second-order valence-electron chi connectivity index (χ2n) is 11.1. The third kappa shape index (κ3) is 5.39. The molecule has 4 aromatic carbocycles. The number of ether oxygens (including phenoxy) is 1. The van der Waals surface area contributed by atoms with E-state index in [1.807, 2.05) is 133 Å². The van der Waals surface area contributed by atoms with Gasteiger partial charge in [0.1, 0.15) is 29.2 Å². The molecule has 0 N–H and O–H groups in total. The number of hydrogen-bond acceptors (Lipinski definition) is 6. The van der Waals surface area contributed by atoms with Crippen LogP contribution in [0.2, 0.25) is 0 Å². The molecule has 6 aromatic rings. The number of pyridine rings is 1. The van der Waals surface area contributed by atoms with Gasteiger partial charge in [-0.15, -0.1) is 0 Å². The lowest BCUT2D eigenvalue weighted by molar-refractivity contribution is -0.129. The lowest BCUT2D eigenvalue weighted by Crippen LogP contribution is -2.51. The first-order valence-corrected chi connectivity index (χ1v) is 16.5. The number of rotatable bonds is 9. The number of imide groups is 1. The van der Waals surface area contributed by atoms with E-state index in [2.05, 4.69) is 25.9 Å². The minimum Gasteiger partial charge on any atom is -0.486 e. The molecule has 0 aliphatic carbocycles. The van der Waals surface area contributed by atoms with Crippen molar-refractivity contribution in [2.75, 3.05) is 0 Å². The summed E-state index contributed by atoms with van der Waals surface area (Å²) in [4.78, 5) is 38.9. The number of aromatic nitrogens is 3. The van der Waals surface area contributed by atoms with E-state index in [1.165, 1.54) is 4.90 Å². The zero-order chi connectivity index (χ0) is 31.7. The molecule has 7 nitrogen and oxygen atoms in total. The summed E-state index contributed by atoms with van der Waals surface area (Å²) in [6.45, 7) is 0.283. The minimum atomic E-state index is -1.13. The van der Waals surface area contributed by atoms with E-state index in [-0.39, 0.29) is 17.8 Å². The van der Waals surface area contributed by atoms with Gasteiger partial charge in [0.05, 0.1) is 5.25 Å². The molecule has 1 fully saturated rings. The zero-order valence-corrected chi connectivity index (χ0v) is 27.3. The molecule has 0 saturated carbocycles. The summed E-state index contributed by atoms with van der Waals surface area (Å²) in [6, 6.07) is 39.0. The molecule has 9 heteroatoms. The lowest BCUT2D eigenvalue weighted by atomic mass is 9.75. The van der Waals surface area contributed by atoms with Gasteiger partial charge in [0.15, 0.2) is 5.65 Å². The quantitative estimate of drug-likeness (QED) is 0.144. The molecule has 2 amide bonds. The van der Waals surface area contributed by atoms with E-state index in [1.54, 1.807) is 6.20 Å². The smallest absolute Gasteiger partial charge is 0.290 e. The molecule has 3 heterocycles. The maximum atomic E-state index is 14.4. The molecule has 0 spiro atoms. The van der Waals surface area contributed by atoms with Crippen molar-refractivity contribution in [2.24, 2.45) is 7.05 Å². The van der Waals surface area contributed by atoms with Crippen molar-refractivity contribution in [3.8, 4) is 5.75 Å². The average Bonchev–Trinajstić information content (AvgIpc) is 3.55. The van der Waals surface area contributed by atoms with Gasteiger partial charge in [-0.1, -0.05) is 115 Å². The monoisotopic (exact) mass is 688 g/mol. The predicted octanol–water partition coefficient (Wildman–Crippen LogP) is 7.91. The number of halogens is 1. The average molecular weight is 690 g/mol. The maximum Gasteiger partial charge on any atom is 0.290 e. The summed E-state index contributed by atoms with van der Waals surface area (Å²) < 4.78 is 8.84. The summed E-state index contributed by atoms with van der Waals surface area (Å²) in [7, 11) is 1.92. The first-order valence-electron chi connectivity index (χ1n) is 14.8. The molecule has 46 heavy (non-hydrogen) atoms. The van der Waals surface area contributed by atoms with Crippen LogP contribution in [0.1, 0.15) is 28.1 Å². The van der Waals surface area contributed by atoms with Crippen LogP contribution in [0.4, 0.5) is 4.79 Å². The molecule has 1 aliphatic rings. The summed E-state index contributed by atoms with van der Waals surface area (Å²) in [5.74, 6) is 1.23. The van der Waals surface area contributed by atoms with Crippen LogP contribution in [-0.4, -0.2) is 35.8 Å². The summed E-state index contributed by atoms with van der Waals surface area (Å²) in [6.07, 6.45) is 2.16. The Hall–Kier alpha value is -4.73. The van der Waals surface area contributed by atoms with E-state index in [9.17, 15) is 9.59 Å². The van der Waals surface area contributed by atoms with Crippen molar-refractivity contribution < 1.29 is 14.3 Å². The normalized spacial score (nSPS) is 15.1. The van der Waals surface area contributed by atoms with Crippen LogP contribution in [-0.2, 0) is 30.4 Å². The largest absolute Gasteiger partial charge is 0.486 e. The molecule has 228 valence electrons. The van der Waals surface area contributed by atoms with Gasteiger partial charge < -0.3 is 9.30 Å². The Kier molecular flexibility index (Phi) is 8.19. The highest BCUT2D eigenvalue weighted by molar-refractivity contribution is 9.10. The van der Waals surface area contributed by atoms with Gasteiger partial charge in [-0.05, 0) is 62.8 Å². The fourth-order valence-corrected chi connectivity index (χ4v) is 7.50. The number of carbonyl (C=O) groups is 2. The van der Waals surface area contributed by atoms with Crippen molar-refractivity contribution in [2.45, 2.75) is 23.8 Å². The lowest BCUT2D eigenvalue weighted by Gasteiger charge is -2.42. The molecule has 1 saturated heterocycles. The number of amides is 2. The van der Waals surface area contributed by atoms with Crippen molar-refractivity contribution in [3.63, 3.8) is 0 Å². The number of fused-ring (bicyclic) bond motifs is 1. The maximum absolute atomic E-state index is 14.4. The second kappa shape index (κ2) is 12.6. The number of benzene rings is 4. The molecule has 1 unspecified atom stereocenters. The number of nitrogens with zero attached hydrogens (tertiary/aromatic N) is 4. The van der Waals surface area contributed by atoms with Crippen LogP contribution in [0.3, 0.4) is 0 Å². The topological polar surface area (TPSA) is 77.3 Å². The van der Waals surface area contributed by atoms with Crippen molar-refractivity contribution >= 4 is 50.0 Å². The molecule has 7 rings (SSSR count). The predicted molar refractivity (Wildman–Crippen MR) is 184 cm³/mol. The Morgan fingerprint density at radius 1 is 0.826 bits per heavy atom. The second-order valence-corrected chi connectivity index (χ2v) is 13.1. The van der Waals surface area contributed by atoms with Gasteiger partial charge in [0, 0.05) is 17.7 Å². The zero-order valence-electron chi connectivity index (χ0n) is 24.9. The summed E-state index contributed by atoms with van der Waals surface area (Å²) >= 11 is 4.53. The Bertz CT molecular complexity index is 1920. The van der Waals surface area contributed by atoms with Crippen LogP contribution in [0, 0.1) is 0 Å². The highest BCUT2D eigenvalue weighted by atomic mass is 79.9. The Morgan fingerprint density at radius 3 is 1.96 bits per heavy atom. The fourth-order valence-electron chi connectivity index (χ4n) is 6.13. The number of imidazole rings is 1. The third-order valence-electron chi connectivity index (χ3n) is 8.31. The Balaban J connectivity index is 1.14. The molecule has 1 aliphatic heterocycles. The van der Waals surface area contributed by atoms with Crippen LogP contribution in [0.25, 0.3) is 11.2 Å². The van der Waals surface area contributed by atoms with E-state index in [0.717, 1.165) is 55.5 Å². The Labute approximate surface area is 279 Å². The first-order chi connectivity index (χ1) is 22.4. The highest BCUT2D eigenvalue weighted by Crippen LogP contribution is 2.47. The van der Waals surface area contributed by atoms with Crippen molar-refractivity contribution in [1.29, 1.82) is 0 Å². The SMILES string of the molecule is Cn1c(COc2ccc(CC3SC(=O)N(C(c4ccccc4)(c4ccccc4)c4ccccc4)C3=O)cc2)nc2cc(Br)cnc21. The van der Waals surface area contributed by atoms with Gasteiger partial charge in [-0.2, -0.15) is 0 Å². The van der Waals surface area contributed by atoms with Gasteiger partial charge >= 0.3 is 0 Å².